The summed E-state index contributed by atoms with van der Waals surface area (Å²) in [6.07, 6.45) is 0.744. The van der Waals surface area contributed by atoms with Gasteiger partial charge in [-0.05, 0) is 50.1 Å². The zero-order chi connectivity index (χ0) is 18.2. The Kier molecular flexibility index (Phi) is 7.19. The Morgan fingerprint density at radius 3 is 2.40 bits per heavy atom. The Morgan fingerprint density at radius 2 is 1.76 bits per heavy atom. The molecule has 0 aliphatic rings. The number of nitrogens with one attached hydrogen (secondary N) is 1. The fourth-order valence-corrected chi connectivity index (χ4v) is 3.28. The van der Waals surface area contributed by atoms with Crippen molar-refractivity contribution in [1.29, 1.82) is 0 Å². The highest BCUT2D eigenvalue weighted by molar-refractivity contribution is 8.00. The third-order valence-corrected chi connectivity index (χ3v) is 4.98. The molecule has 0 heterocycles. The van der Waals surface area contributed by atoms with Crippen molar-refractivity contribution in [3.05, 3.63) is 53.6 Å². The van der Waals surface area contributed by atoms with Crippen molar-refractivity contribution in [1.82, 2.24) is 5.32 Å². The number of aryl methyl sites for hydroxylation is 1. The fourth-order valence-electron chi connectivity index (χ4n) is 2.38. The quantitative estimate of drug-likeness (QED) is 0.727. The van der Waals surface area contributed by atoms with Gasteiger partial charge >= 0.3 is 0 Å². The third kappa shape index (κ3) is 5.71. The van der Waals surface area contributed by atoms with Gasteiger partial charge in [0.15, 0.2) is 11.5 Å². The Labute approximate surface area is 153 Å². The van der Waals surface area contributed by atoms with Crippen molar-refractivity contribution in [3.63, 3.8) is 0 Å². The molecule has 0 aliphatic heterocycles. The molecule has 25 heavy (non-hydrogen) atoms. The van der Waals surface area contributed by atoms with Crippen LogP contribution in [0.1, 0.15) is 18.1 Å². The summed E-state index contributed by atoms with van der Waals surface area (Å²) < 4.78 is 10.5. The number of carbonyl (C=O) groups is 1. The molecule has 0 saturated heterocycles. The van der Waals surface area contributed by atoms with Crippen molar-refractivity contribution < 1.29 is 14.3 Å². The van der Waals surface area contributed by atoms with Crippen LogP contribution in [0.25, 0.3) is 0 Å². The highest BCUT2D eigenvalue weighted by atomic mass is 32.2. The minimum absolute atomic E-state index is 0.0473. The minimum atomic E-state index is -0.131. The molecule has 4 nitrogen and oxygen atoms in total. The molecule has 0 unspecified atom stereocenters. The van der Waals surface area contributed by atoms with Crippen LogP contribution in [0.4, 0.5) is 0 Å². The molecule has 2 rings (SSSR count). The van der Waals surface area contributed by atoms with Crippen LogP contribution < -0.4 is 14.8 Å². The average molecular weight is 359 g/mol. The SMILES string of the molecule is COc1ccc(CCNC(=O)[C@@H](C)Sc2ccc(C)cc2)cc1OC. The van der Waals surface area contributed by atoms with Crippen molar-refractivity contribution in [2.24, 2.45) is 0 Å². The summed E-state index contributed by atoms with van der Waals surface area (Å²) >= 11 is 1.57. The van der Waals surface area contributed by atoms with Crippen LogP contribution in [0.15, 0.2) is 47.4 Å². The lowest BCUT2D eigenvalue weighted by atomic mass is 10.1. The van der Waals surface area contributed by atoms with Crippen LogP contribution in [-0.4, -0.2) is 31.9 Å². The Bertz CT molecular complexity index is 701. The molecule has 1 atom stereocenters. The number of hydrogen-bond donors (Lipinski definition) is 1. The van der Waals surface area contributed by atoms with Gasteiger partial charge in [0.1, 0.15) is 0 Å². The van der Waals surface area contributed by atoms with Gasteiger partial charge in [0.2, 0.25) is 5.91 Å². The van der Waals surface area contributed by atoms with E-state index in [-0.39, 0.29) is 11.2 Å². The normalized spacial score (nSPS) is 11.7. The van der Waals surface area contributed by atoms with Gasteiger partial charge in [0.05, 0.1) is 19.5 Å². The molecule has 5 heteroatoms. The van der Waals surface area contributed by atoms with Crippen molar-refractivity contribution in [2.75, 3.05) is 20.8 Å². The molecule has 0 aliphatic carbocycles. The lowest BCUT2D eigenvalue weighted by Gasteiger charge is -2.13. The number of rotatable bonds is 8. The average Bonchev–Trinajstić information content (AvgIpc) is 2.63. The van der Waals surface area contributed by atoms with Gasteiger partial charge in [-0.15, -0.1) is 11.8 Å². The molecule has 134 valence electrons. The lowest BCUT2D eigenvalue weighted by Crippen LogP contribution is -2.32. The summed E-state index contributed by atoms with van der Waals surface area (Å²) in [6.45, 7) is 4.57. The van der Waals surface area contributed by atoms with E-state index in [9.17, 15) is 4.79 Å². The van der Waals surface area contributed by atoms with Gasteiger partial charge in [-0.25, -0.2) is 0 Å². The van der Waals surface area contributed by atoms with Gasteiger partial charge in [0.25, 0.3) is 0 Å². The smallest absolute Gasteiger partial charge is 0.233 e. The molecule has 0 saturated carbocycles. The summed E-state index contributed by atoms with van der Waals surface area (Å²) in [5, 5.41) is 2.87. The van der Waals surface area contributed by atoms with Gasteiger partial charge in [-0.2, -0.15) is 0 Å². The first-order valence-corrected chi connectivity index (χ1v) is 9.13. The summed E-state index contributed by atoms with van der Waals surface area (Å²) in [5.74, 6) is 1.46. The summed E-state index contributed by atoms with van der Waals surface area (Å²) in [6, 6.07) is 14.0. The highest BCUT2D eigenvalue weighted by Crippen LogP contribution is 2.27. The second-order valence-electron chi connectivity index (χ2n) is 5.80. The molecule has 1 N–H and O–H groups in total. The van der Waals surface area contributed by atoms with Crippen molar-refractivity contribution >= 4 is 17.7 Å². The van der Waals surface area contributed by atoms with E-state index in [0.29, 0.717) is 18.0 Å². The molecule has 2 aromatic rings. The predicted octanol–water partition coefficient (Wildman–Crippen LogP) is 3.85. The van der Waals surface area contributed by atoms with Gasteiger partial charge in [0, 0.05) is 11.4 Å². The first-order valence-electron chi connectivity index (χ1n) is 8.25. The van der Waals surface area contributed by atoms with Crippen LogP contribution in [0.3, 0.4) is 0 Å². The predicted molar refractivity (Wildman–Crippen MR) is 103 cm³/mol. The number of benzene rings is 2. The largest absolute Gasteiger partial charge is 0.493 e. The van der Waals surface area contributed by atoms with Crippen molar-refractivity contribution in [3.8, 4) is 11.5 Å². The second-order valence-corrected chi connectivity index (χ2v) is 7.22. The van der Waals surface area contributed by atoms with E-state index in [1.807, 2.05) is 37.3 Å². The first-order chi connectivity index (χ1) is 12.0. The standard InChI is InChI=1S/C20H25NO3S/c1-14-5-8-17(9-6-14)25-15(2)20(22)21-12-11-16-7-10-18(23-3)19(13-16)24-4/h5-10,13,15H,11-12H2,1-4H3,(H,21,22)/t15-/m1/s1. The van der Waals surface area contributed by atoms with Crippen LogP contribution in [0.5, 0.6) is 11.5 Å². The lowest BCUT2D eigenvalue weighted by molar-refractivity contribution is -0.120. The number of ether oxygens (including phenoxy) is 2. The van der Waals surface area contributed by atoms with E-state index in [2.05, 4.69) is 24.4 Å². The second kappa shape index (κ2) is 9.37. The molecule has 0 fully saturated rings. The maximum Gasteiger partial charge on any atom is 0.233 e. The minimum Gasteiger partial charge on any atom is -0.493 e. The zero-order valence-electron chi connectivity index (χ0n) is 15.2. The molecule has 0 spiro atoms. The van der Waals surface area contributed by atoms with Crippen molar-refractivity contribution in [2.45, 2.75) is 30.4 Å². The summed E-state index contributed by atoms with van der Waals surface area (Å²) in [4.78, 5) is 13.4. The molecule has 1 amide bonds. The highest BCUT2D eigenvalue weighted by Gasteiger charge is 2.14. The van der Waals surface area contributed by atoms with Crippen LogP contribution in [0.2, 0.25) is 0 Å². The topological polar surface area (TPSA) is 47.6 Å². The summed E-state index contributed by atoms with van der Waals surface area (Å²) in [5.41, 5.74) is 2.31. The Morgan fingerprint density at radius 1 is 1.08 bits per heavy atom. The molecule has 0 aromatic heterocycles. The number of thioether (sulfide) groups is 1. The molecule has 0 bridgehead atoms. The number of methoxy groups -OCH3 is 2. The van der Waals surface area contributed by atoms with Crippen LogP contribution >= 0.6 is 11.8 Å². The maximum atomic E-state index is 12.3. The Balaban J connectivity index is 1.82. The number of amides is 1. The van der Waals surface area contributed by atoms with Gasteiger partial charge < -0.3 is 14.8 Å². The molecule has 0 radical (unpaired) electrons. The Hall–Kier alpha value is -2.14. The maximum absolute atomic E-state index is 12.3. The molecule has 2 aromatic carbocycles. The van der Waals surface area contributed by atoms with E-state index in [1.165, 1.54) is 5.56 Å². The summed E-state index contributed by atoms with van der Waals surface area (Å²) in [7, 11) is 3.23. The zero-order valence-corrected chi connectivity index (χ0v) is 16.0. The molecular formula is C20H25NO3S. The number of carbonyl (C=O) groups excluding carboxylic acids is 1. The van der Waals surface area contributed by atoms with E-state index in [1.54, 1.807) is 26.0 Å². The molecular weight excluding hydrogens is 334 g/mol. The van der Waals surface area contributed by atoms with Gasteiger partial charge in [-0.3, -0.25) is 4.79 Å². The van der Waals surface area contributed by atoms with E-state index < -0.39 is 0 Å². The van der Waals surface area contributed by atoms with Crippen LogP contribution in [-0.2, 0) is 11.2 Å². The number of hydrogen-bond acceptors (Lipinski definition) is 4. The van der Waals surface area contributed by atoms with Gasteiger partial charge in [-0.1, -0.05) is 23.8 Å². The van der Waals surface area contributed by atoms with E-state index >= 15 is 0 Å². The first kappa shape index (κ1) is 19.2. The monoisotopic (exact) mass is 359 g/mol. The van der Waals surface area contributed by atoms with E-state index in [0.717, 1.165) is 16.9 Å². The third-order valence-electron chi connectivity index (χ3n) is 3.86. The van der Waals surface area contributed by atoms with Crippen LogP contribution in [0, 0.1) is 6.92 Å². The van der Waals surface area contributed by atoms with E-state index in [4.69, 9.17) is 9.47 Å². The fraction of sp³-hybridized carbons (Fsp3) is 0.350.